The molecule has 1 aliphatic heterocycles. The molecule has 0 aliphatic carbocycles. The lowest BCUT2D eigenvalue weighted by Crippen LogP contribution is -2.49. The fraction of sp³-hybridized carbons (Fsp3) is 0.833. The Labute approximate surface area is 102 Å². The monoisotopic (exact) mass is 242 g/mol. The largest absolute Gasteiger partial charge is 0.459 e. The topological polar surface area (TPSA) is 72.6 Å². The van der Waals surface area contributed by atoms with Gasteiger partial charge in [-0.2, -0.15) is 0 Å². The zero-order valence-corrected chi connectivity index (χ0v) is 11.0. The van der Waals surface area contributed by atoms with Crippen LogP contribution >= 0.6 is 0 Å². The van der Waals surface area contributed by atoms with Gasteiger partial charge in [-0.05, 0) is 47.1 Å². The highest BCUT2D eigenvalue weighted by molar-refractivity contribution is 5.82. The van der Waals surface area contributed by atoms with E-state index in [1.165, 1.54) is 0 Å². The smallest absolute Gasteiger partial charge is 0.323 e. The molecule has 1 aliphatic rings. The lowest BCUT2D eigenvalue weighted by molar-refractivity contribution is -0.161. The van der Waals surface area contributed by atoms with Gasteiger partial charge in [0.05, 0.1) is 6.04 Å². The average molecular weight is 242 g/mol. The van der Waals surface area contributed by atoms with E-state index in [1.807, 2.05) is 25.7 Å². The zero-order chi connectivity index (χ0) is 13.2. The maximum atomic E-state index is 11.9. The van der Waals surface area contributed by atoms with Crippen LogP contribution < -0.4 is 5.73 Å². The molecule has 0 bridgehead atoms. The third kappa shape index (κ3) is 3.70. The molecule has 2 atom stereocenters. The predicted molar refractivity (Wildman–Crippen MR) is 64.2 cm³/mol. The summed E-state index contributed by atoms with van der Waals surface area (Å²) in [6.45, 7) is 7.96. The van der Waals surface area contributed by atoms with Crippen molar-refractivity contribution in [1.82, 2.24) is 4.90 Å². The number of carbonyl (C=O) groups is 2. The molecule has 0 aromatic rings. The van der Waals surface area contributed by atoms with Crippen LogP contribution in [0.2, 0.25) is 0 Å². The molecule has 1 heterocycles. The molecule has 1 fully saturated rings. The first kappa shape index (κ1) is 14.0. The molecule has 17 heavy (non-hydrogen) atoms. The molecular weight excluding hydrogens is 220 g/mol. The van der Waals surface area contributed by atoms with Crippen LogP contribution in [0.25, 0.3) is 0 Å². The molecule has 0 radical (unpaired) electrons. The lowest BCUT2D eigenvalue weighted by atomic mass is 10.1. The van der Waals surface area contributed by atoms with Crippen LogP contribution in [-0.2, 0) is 14.3 Å². The molecule has 5 heteroatoms. The Balaban J connectivity index is 2.66. The fourth-order valence-corrected chi connectivity index (χ4v) is 2.08. The molecule has 0 spiro atoms. The first-order chi connectivity index (χ1) is 7.72. The minimum absolute atomic E-state index is 0.300. The van der Waals surface area contributed by atoms with E-state index in [0.717, 1.165) is 12.8 Å². The van der Waals surface area contributed by atoms with Crippen molar-refractivity contribution < 1.29 is 14.3 Å². The number of nitrogens with two attached hydrogens (primary N) is 1. The second-order valence-corrected chi connectivity index (χ2v) is 5.51. The summed E-state index contributed by atoms with van der Waals surface area (Å²) in [5, 5.41) is 0. The molecule has 5 nitrogen and oxygen atoms in total. The van der Waals surface area contributed by atoms with Crippen LogP contribution in [0.4, 0.5) is 0 Å². The number of nitrogens with zero attached hydrogens (tertiary/aromatic N) is 1. The van der Waals surface area contributed by atoms with Crippen molar-refractivity contribution >= 4 is 11.9 Å². The van der Waals surface area contributed by atoms with Gasteiger partial charge in [-0.25, -0.2) is 0 Å². The van der Waals surface area contributed by atoms with Crippen molar-refractivity contribution in [2.45, 2.75) is 58.2 Å². The van der Waals surface area contributed by atoms with Crippen molar-refractivity contribution in [2.24, 2.45) is 5.73 Å². The van der Waals surface area contributed by atoms with Crippen molar-refractivity contribution in [3.05, 3.63) is 0 Å². The Bertz CT molecular complexity index is 309. The lowest BCUT2D eigenvalue weighted by Gasteiger charge is -2.30. The standard InChI is InChI=1S/C12H22N2O3/c1-8(11(16)17-12(2,3)4)14-7-5-6-9(14)10(13)15/h8-9H,5-7H2,1-4H3,(H2,13,15). The molecular formula is C12H22N2O3. The number of amides is 1. The quantitative estimate of drug-likeness (QED) is 0.738. The van der Waals surface area contributed by atoms with Gasteiger partial charge in [-0.1, -0.05) is 0 Å². The molecule has 0 aromatic carbocycles. The number of hydrogen-bond acceptors (Lipinski definition) is 4. The van der Waals surface area contributed by atoms with Crippen LogP contribution in [-0.4, -0.2) is 41.0 Å². The second kappa shape index (κ2) is 5.04. The van der Waals surface area contributed by atoms with E-state index < -0.39 is 11.6 Å². The van der Waals surface area contributed by atoms with E-state index in [9.17, 15) is 9.59 Å². The van der Waals surface area contributed by atoms with Crippen LogP contribution in [0.15, 0.2) is 0 Å². The Hall–Kier alpha value is -1.10. The molecule has 1 rings (SSSR count). The van der Waals surface area contributed by atoms with E-state index in [4.69, 9.17) is 10.5 Å². The summed E-state index contributed by atoms with van der Waals surface area (Å²) in [4.78, 5) is 25.0. The molecule has 2 N–H and O–H groups in total. The van der Waals surface area contributed by atoms with Gasteiger partial charge in [0.25, 0.3) is 0 Å². The van der Waals surface area contributed by atoms with Gasteiger partial charge in [0.15, 0.2) is 0 Å². The summed E-state index contributed by atoms with van der Waals surface area (Å²) in [5.74, 6) is -0.663. The van der Waals surface area contributed by atoms with Crippen molar-refractivity contribution in [1.29, 1.82) is 0 Å². The summed E-state index contributed by atoms with van der Waals surface area (Å²) in [7, 11) is 0. The van der Waals surface area contributed by atoms with Gasteiger partial charge in [0.2, 0.25) is 5.91 Å². The third-order valence-corrected chi connectivity index (χ3v) is 2.87. The van der Waals surface area contributed by atoms with Gasteiger partial charge in [-0.3, -0.25) is 14.5 Å². The maximum absolute atomic E-state index is 11.9. The van der Waals surface area contributed by atoms with E-state index in [1.54, 1.807) is 6.92 Å². The predicted octanol–water partition coefficient (Wildman–Crippen LogP) is 0.666. The van der Waals surface area contributed by atoms with Gasteiger partial charge in [0.1, 0.15) is 11.6 Å². The first-order valence-corrected chi connectivity index (χ1v) is 6.00. The summed E-state index contributed by atoms with van der Waals surface area (Å²) in [6, 6.07) is -0.758. The van der Waals surface area contributed by atoms with Gasteiger partial charge in [-0.15, -0.1) is 0 Å². The normalized spacial score (nSPS) is 23.4. The Morgan fingerprint density at radius 3 is 2.47 bits per heavy atom. The number of carbonyl (C=O) groups excluding carboxylic acids is 2. The Kier molecular flexibility index (Phi) is 4.14. The van der Waals surface area contributed by atoms with Crippen molar-refractivity contribution in [3.63, 3.8) is 0 Å². The van der Waals surface area contributed by atoms with Gasteiger partial charge >= 0.3 is 5.97 Å². The SMILES string of the molecule is CC(C(=O)OC(C)(C)C)N1CCCC1C(N)=O. The highest BCUT2D eigenvalue weighted by Gasteiger charge is 2.36. The minimum Gasteiger partial charge on any atom is -0.459 e. The second-order valence-electron chi connectivity index (χ2n) is 5.51. The first-order valence-electron chi connectivity index (χ1n) is 6.00. The highest BCUT2D eigenvalue weighted by atomic mass is 16.6. The number of ether oxygens (including phenoxy) is 1. The number of primary amides is 1. The maximum Gasteiger partial charge on any atom is 0.323 e. The van der Waals surface area contributed by atoms with E-state index in [2.05, 4.69) is 0 Å². The summed E-state index contributed by atoms with van der Waals surface area (Å²) in [5.41, 5.74) is 4.81. The third-order valence-electron chi connectivity index (χ3n) is 2.87. The molecule has 0 aromatic heterocycles. The molecule has 0 saturated carbocycles. The van der Waals surface area contributed by atoms with Crippen LogP contribution in [0.3, 0.4) is 0 Å². The fourth-order valence-electron chi connectivity index (χ4n) is 2.08. The van der Waals surface area contributed by atoms with Crippen LogP contribution in [0, 0.1) is 0 Å². The highest BCUT2D eigenvalue weighted by Crippen LogP contribution is 2.21. The van der Waals surface area contributed by atoms with Crippen LogP contribution in [0.1, 0.15) is 40.5 Å². The summed E-state index contributed by atoms with van der Waals surface area (Å²) >= 11 is 0. The van der Waals surface area contributed by atoms with Gasteiger partial charge in [0, 0.05) is 0 Å². The Morgan fingerprint density at radius 2 is 2.00 bits per heavy atom. The van der Waals surface area contributed by atoms with Crippen LogP contribution in [0.5, 0.6) is 0 Å². The minimum atomic E-state index is -0.507. The van der Waals surface area contributed by atoms with E-state index in [-0.39, 0.29) is 17.9 Å². The van der Waals surface area contributed by atoms with E-state index in [0.29, 0.717) is 6.54 Å². The summed E-state index contributed by atoms with van der Waals surface area (Å²) < 4.78 is 5.31. The van der Waals surface area contributed by atoms with E-state index >= 15 is 0 Å². The van der Waals surface area contributed by atoms with Gasteiger partial charge < -0.3 is 10.5 Å². The number of likely N-dealkylation sites (tertiary alicyclic amines) is 1. The molecule has 1 amide bonds. The number of hydrogen-bond donors (Lipinski definition) is 1. The average Bonchev–Trinajstić information content (AvgIpc) is 2.61. The molecule has 1 saturated heterocycles. The summed E-state index contributed by atoms with van der Waals surface area (Å²) in [6.07, 6.45) is 1.61. The molecule has 98 valence electrons. The Morgan fingerprint density at radius 1 is 1.41 bits per heavy atom. The van der Waals surface area contributed by atoms with Crippen molar-refractivity contribution in [2.75, 3.05) is 6.54 Å². The molecule has 2 unspecified atom stereocenters. The van der Waals surface area contributed by atoms with Crippen molar-refractivity contribution in [3.8, 4) is 0 Å². The number of esters is 1. The number of rotatable bonds is 3. The zero-order valence-electron chi connectivity index (χ0n) is 11.0.